The van der Waals surface area contributed by atoms with Crippen molar-refractivity contribution in [3.05, 3.63) is 69.5 Å². The summed E-state index contributed by atoms with van der Waals surface area (Å²) in [5, 5.41) is 16.1. The normalized spacial score (nSPS) is 11.4. The van der Waals surface area contributed by atoms with Gasteiger partial charge in [0.15, 0.2) is 0 Å². The molecule has 0 unspecified atom stereocenters. The van der Waals surface area contributed by atoms with E-state index in [4.69, 9.17) is 9.72 Å². The second-order valence-corrected chi connectivity index (χ2v) is 10.8. The van der Waals surface area contributed by atoms with Crippen molar-refractivity contribution < 1.29 is 14.5 Å². The first-order valence-electron chi connectivity index (χ1n) is 13.4. The van der Waals surface area contributed by atoms with Crippen LogP contribution in [-0.4, -0.2) is 70.7 Å². The maximum Gasteiger partial charge on any atom is 0.342 e. The van der Waals surface area contributed by atoms with E-state index >= 15 is 0 Å². The maximum absolute atomic E-state index is 13.1. The highest BCUT2D eigenvalue weighted by Gasteiger charge is 2.24. The summed E-state index contributed by atoms with van der Waals surface area (Å²) in [7, 11) is 7.70. The largest absolute Gasteiger partial charge is 0.459 e. The number of nitrogens with one attached hydrogen (secondary N) is 1. The fraction of sp³-hybridized carbons (Fsp3) is 0.367. The number of ether oxygens (including phenoxy) is 1. The number of hydrogen-bond acceptors (Lipinski definition) is 9. The van der Waals surface area contributed by atoms with E-state index in [2.05, 4.69) is 16.4 Å². The fourth-order valence-corrected chi connectivity index (χ4v) is 4.62. The Morgan fingerprint density at radius 2 is 1.88 bits per heavy atom. The minimum Gasteiger partial charge on any atom is -0.459 e. The van der Waals surface area contributed by atoms with E-state index < -0.39 is 5.97 Å². The number of hydrogen-bond donors (Lipinski definition) is 1. The summed E-state index contributed by atoms with van der Waals surface area (Å²) >= 11 is 0. The van der Waals surface area contributed by atoms with Crippen LogP contribution in [0.3, 0.4) is 0 Å². The van der Waals surface area contributed by atoms with Gasteiger partial charge in [0.05, 0.1) is 22.4 Å². The average molecular weight is 560 g/mol. The van der Waals surface area contributed by atoms with Crippen LogP contribution < -0.4 is 10.2 Å². The third-order valence-electron chi connectivity index (χ3n) is 6.81. The highest BCUT2D eigenvalue weighted by molar-refractivity contribution is 6.03. The number of benzene rings is 2. The number of nitro benzene ring substituents is 1. The molecule has 2 aromatic carbocycles. The van der Waals surface area contributed by atoms with Gasteiger partial charge in [0.1, 0.15) is 11.3 Å². The van der Waals surface area contributed by atoms with Gasteiger partial charge in [-0.3, -0.25) is 10.1 Å². The molecule has 0 saturated heterocycles. The molecule has 0 radical (unpaired) electrons. The van der Waals surface area contributed by atoms with Crippen molar-refractivity contribution in [3.8, 4) is 11.3 Å². The third kappa shape index (κ3) is 6.46. The smallest absolute Gasteiger partial charge is 0.342 e. The summed E-state index contributed by atoms with van der Waals surface area (Å²) in [4.78, 5) is 37.8. The molecule has 4 aromatic rings. The fourth-order valence-electron chi connectivity index (χ4n) is 4.62. The van der Waals surface area contributed by atoms with E-state index in [1.807, 2.05) is 74.7 Å². The monoisotopic (exact) mass is 559 g/mol. The second-order valence-electron chi connectivity index (χ2n) is 10.8. The zero-order valence-corrected chi connectivity index (χ0v) is 24.8. The molecule has 0 aliphatic heterocycles. The summed E-state index contributed by atoms with van der Waals surface area (Å²) in [6.45, 7) is 8.85. The Bertz CT molecular complexity index is 1610. The number of anilines is 3. The predicted molar refractivity (Wildman–Crippen MR) is 162 cm³/mol. The molecule has 0 atom stereocenters. The summed E-state index contributed by atoms with van der Waals surface area (Å²) < 4.78 is 7.49. The van der Waals surface area contributed by atoms with Crippen molar-refractivity contribution in [3.63, 3.8) is 0 Å². The summed E-state index contributed by atoms with van der Waals surface area (Å²) in [5.41, 5.74) is 5.30. The first-order valence-corrected chi connectivity index (χ1v) is 13.4. The van der Waals surface area contributed by atoms with E-state index in [1.165, 1.54) is 12.3 Å². The number of nitrogens with zero attached hydrogens (tertiary/aromatic N) is 6. The van der Waals surface area contributed by atoms with Gasteiger partial charge in [-0.05, 0) is 65.0 Å². The highest BCUT2D eigenvalue weighted by Crippen LogP contribution is 2.36. The lowest BCUT2D eigenvalue weighted by Gasteiger charge is -2.22. The molecule has 2 aromatic heterocycles. The standard InChI is InChI=1S/C30H37N7O4/c1-18(2)41-29(38)22-16-31-30(33-28(22)23-17-36(8)25-13-19(3)9-10-21(23)25)32-24-15-27(37(39)40)26(14-20(24)4)35(7)12-11-34(5)6/h9-10,13-18H,11-12H2,1-8H3,(H,31,32,33). The van der Waals surface area contributed by atoms with Gasteiger partial charge in [-0.1, -0.05) is 12.1 Å². The van der Waals surface area contributed by atoms with Gasteiger partial charge in [-0.25, -0.2) is 14.8 Å². The van der Waals surface area contributed by atoms with Crippen molar-refractivity contribution in [1.82, 2.24) is 19.4 Å². The summed E-state index contributed by atoms with van der Waals surface area (Å²) in [6.07, 6.45) is 3.05. The van der Waals surface area contributed by atoms with Crippen LogP contribution in [-0.2, 0) is 11.8 Å². The van der Waals surface area contributed by atoms with Gasteiger partial charge in [0, 0.05) is 62.1 Å². The quantitative estimate of drug-likeness (QED) is 0.153. The van der Waals surface area contributed by atoms with Gasteiger partial charge < -0.3 is 24.4 Å². The third-order valence-corrected chi connectivity index (χ3v) is 6.81. The molecule has 4 rings (SSSR count). The van der Waals surface area contributed by atoms with Gasteiger partial charge in [0.2, 0.25) is 5.95 Å². The lowest BCUT2D eigenvalue weighted by atomic mass is 10.0. The molecule has 0 aliphatic carbocycles. The zero-order chi connectivity index (χ0) is 30.0. The van der Waals surface area contributed by atoms with Crippen LogP contribution in [0, 0.1) is 24.0 Å². The molecule has 0 fully saturated rings. The lowest BCUT2D eigenvalue weighted by molar-refractivity contribution is -0.384. The summed E-state index contributed by atoms with van der Waals surface area (Å²) in [5.74, 6) is -0.320. The van der Waals surface area contributed by atoms with E-state index in [0.29, 0.717) is 23.6 Å². The SMILES string of the molecule is Cc1ccc2c(-c3nc(Nc4cc([N+](=O)[O-])c(N(C)CCN(C)C)cc4C)ncc3C(=O)OC(C)C)cn(C)c2c1. The van der Waals surface area contributed by atoms with Crippen molar-refractivity contribution in [2.75, 3.05) is 44.4 Å². The topological polar surface area (TPSA) is 119 Å². The molecule has 0 aliphatic rings. The molecule has 11 nitrogen and oxygen atoms in total. The van der Waals surface area contributed by atoms with Crippen molar-refractivity contribution in [2.45, 2.75) is 33.8 Å². The first-order chi connectivity index (χ1) is 19.3. The molecule has 11 heteroatoms. The van der Waals surface area contributed by atoms with E-state index in [1.54, 1.807) is 19.9 Å². The molecule has 1 N–H and O–H groups in total. The number of rotatable bonds is 10. The van der Waals surface area contributed by atoms with Crippen molar-refractivity contribution in [2.24, 2.45) is 7.05 Å². The van der Waals surface area contributed by atoms with Crippen LogP contribution in [0.2, 0.25) is 0 Å². The second kappa shape index (κ2) is 11.9. The van der Waals surface area contributed by atoms with Gasteiger partial charge in [-0.15, -0.1) is 0 Å². The average Bonchev–Trinajstić information content (AvgIpc) is 3.22. The Hall–Kier alpha value is -4.51. The van der Waals surface area contributed by atoms with E-state index in [9.17, 15) is 14.9 Å². The number of aryl methyl sites for hydroxylation is 3. The number of carbonyl (C=O) groups excluding carboxylic acids is 1. The molecular weight excluding hydrogens is 522 g/mol. The molecule has 0 bridgehead atoms. The summed E-state index contributed by atoms with van der Waals surface area (Å²) in [6, 6.07) is 9.38. The van der Waals surface area contributed by atoms with Crippen molar-refractivity contribution in [1.29, 1.82) is 0 Å². The zero-order valence-electron chi connectivity index (χ0n) is 24.8. The Balaban J connectivity index is 1.79. The van der Waals surface area contributed by atoms with E-state index in [0.717, 1.165) is 34.1 Å². The lowest BCUT2D eigenvalue weighted by Crippen LogP contribution is -2.29. The number of aromatic nitrogens is 3. The number of nitro groups is 1. The predicted octanol–water partition coefficient (Wildman–Crippen LogP) is 5.47. The minimum atomic E-state index is -0.525. The van der Waals surface area contributed by atoms with Gasteiger partial charge >= 0.3 is 5.97 Å². The van der Waals surface area contributed by atoms with Gasteiger partial charge in [0.25, 0.3) is 5.69 Å². The van der Waals surface area contributed by atoms with Crippen LogP contribution in [0.4, 0.5) is 23.0 Å². The van der Waals surface area contributed by atoms with Gasteiger partial charge in [-0.2, -0.15) is 0 Å². The van der Waals surface area contributed by atoms with E-state index in [-0.39, 0.29) is 28.2 Å². The Morgan fingerprint density at radius 3 is 2.54 bits per heavy atom. The molecular formula is C30H37N7O4. The van der Waals surface area contributed by atoms with Crippen LogP contribution in [0.25, 0.3) is 22.2 Å². The number of fused-ring (bicyclic) bond motifs is 1. The Kier molecular flexibility index (Phi) is 8.57. The first kappa shape index (κ1) is 29.5. The number of carbonyl (C=O) groups is 1. The van der Waals surface area contributed by atoms with Crippen LogP contribution in [0.1, 0.15) is 35.3 Å². The van der Waals surface area contributed by atoms with Crippen LogP contribution in [0.5, 0.6) is 0 Å². The maximum atomic E-state index is 13.1. The van der Waals surface area contributed by atoms with Crippen molar-refractivity contribution >= 4 is 39.9 Å². The number of esters is 1. The molecule has 0 amide bonds. The highest BCUT2D eigenvalue weighted by atomic mass is 16.6. The molecule has 0 saturated carbocycles. The van der Waals surface area contributed by atoms with Crippen LogP contribution >= 0.6 is 0 Å². The molecule has 41 heavy (non-hydrogen) atoms. The van der Waals surface area contributed by atoms with Crippen LogP contribution in [0.15, 0.2) is 42.7 Å². The molecule has 2 heterocycles. The minimum absolute atomic E-state index is 0.0267. The Labute approximate surface area is 239 Å². The number of likely N-dealkylation sites (N-methyl/N-ethyl adjacent to an activating group) is 2. The Morgan fingerprint density at radius 1 is 1.15 bits per heavy atom. The molecule has 0 spiro atoms. The molecule has 216 valence electrons.